The molecule has 0 aliphatic heterocycles. The summed E-state index contributed by atoms with van der Waals surface area (Å²) in [5.41, 5.74) is 8.25. The van der Waals surface area contributed by atoms with Crippen LogP contribution in [0.15, 0.2) is 48.5 Å². The van der Waals surface area contributed by atoms with E-state index >= 15 is 0 Å². The van der Waals surface area contributed by atoms with Crippen LogP contribution in [0.25, 0.3) is 0 Å². The molecule has 3 nitrogen and oxygen atoms in total. The van der Waals surface area contributed by atoms with E-state index in [4.69, 9.17) is 17.3 Å². The Balaban J connectivity index is 1.93. The van der Waals surface area contributed by atoms with Gasteiger partial charge >= 0.3 is 0 Å². The van der Waals surface area contributed by atoms with Crippen molar-refractivity contribution in [1.29, 1.82) is 0 Å². The molecule has 2 atom stereocenters. The van der Waals surface area contributed by atoms with Gasteiger partial charge in [0.25, 0.3) is 0 Å². The summed E-state index contributed by atoms with van der Waals surface area (Å²) >= 11 is 5.81. The largest absolute Gasteiger partial charge is 0.387 e. The first-order valence-corrected chi connectivity index (χ1v) is 8.51. The van der Waals surface area contributed by atoms with Gasteiger partial charge in [-0.3, -0.25) is 4.21 Å². The first-order valence-electron chi connectivity index (χ1n) is 6.65. The van der Waals surface area contributed by atoms with Gasteiger partial charge in [0.15, 0.2) is 0 Å². The highest BCUT2D eigenvalue weighted by Crippen LogP contribution is 2.17. The van der Waals surface area contributed by atoms with E-state index in [9.17, 15) is 9.32 Å². The lowest BCUT2D eigenvalue weighted by atomic mass is 10.1. The number of aliphatic hydroxyl groups is 1. The fourth-order valence-corrected chi connectivity index (χ4v) is 3.33. The number of hydrogen-bond donors (Lipinski definition) is 2. The Morgan fingerprint density at radius 1 is 1.05 bits per heavy atom. The Bertz CT molecular complexity index is 599. The summed E-state index contributed by atoms with van der Waals surface area (Å²) in [6, 6.07) is 14.7. The lowest BCUT2D eigenvalue weighted by Crippen LogP contribution is -2.11. The molecule has 0 spiro atoms. The average Bonchev–Trinajstić information content (AvgIpc) is 2.49. The number of benzene rings is 2. The van der Waals surface area contributed by atoms with Gasteiger partial charge in [0, 0.05) is 28.1 Å². The third-order valence-electron chi connectivity index (χ3n) is 3.18. The topological polar surface area (TPSA) is 63.3 Å². The van der Waals surface area contributed by atoms with Crippen LogP contribution in [-0.2, 0) is 23.1 Å². The van der Waals surface area contributed by atoms with Crippen molar-refractivity contribution in [2.75, 3.05) is 5.75 Å². The minimum absolute atomic E-state index is 0.213. The molecule has 0 amide bonds. The van der Waals surface area contributed by atoms with Crippen LogP contribution >= 0.6 is 11.6 Å². The van der Waals surface area contributed by atoms with E-state index in [1.54, 1.807) is 12.1 Å². The number of rotatable bonds is 6. The molecule has 0 fully saturated rings. The van der Waals surface area contributed by atoms with Gasteiger partial charge in [0.05, 0.1) is 11.9 Å². The predicted molar refractivity (Wildman–Crippen MR) is 87.5 cm³/mol. The van der Waals surface area contributed by atoms with Gasteiger partial charge in [-0.15, -0.1) is 0 Å². The quantitative estimate of drug-likeness (QED) is 0.859. The lowest BCUT2D eigenvalue weighted by Gasteiger charge is -2.11. The smallest absolute Gasteiger partial charge is 0.0905 e. The first kappa shape index (κ1) is 16.2. The molecule has 0 aliphatic carbocycles. The van der Waals surface area contributed by atoms with Gasteiger partial charge in [0.1, 0.15) is 0 Å². The minimum Gasteiger partial charge on any atom is -0.387 e. The van der Waals surface area contributed by atoms with Gasteiger partial charge in [0.2, 0.25) is 0 Å². The van der Waals surface area contributed by atoms with Crippen molar-refractivity contribution >= 4 is 22.4 Å². The van der Waals surface area contributed by atoms with E-state index in [2.05, 4.69) is 0 Å². The van der Waals surface area contributed by atoms with Crippen LogP contribution in [-0.4, -0.2) is 15.1 Å². The second-order valence-electron chi connectivity index (χ2n) is 4.84. The van der Waals surface area contributed by atoms with Crippen LogP contribution in [0.3, 0.4) is 0 Å². The highest BCUT2D eigenvalue weighted by atomic mass is 35.5. The van der Waals surface area contributed by atoms with Crippen molar-refractivity contribution in [3.8, 4) is 0 Å². The zero-order chi connectivity index (χ0) is 15.2. The normalized spacial score (nSPS) is 13.9. The van der Waals surface area contributed by atoms with E-state index in [1.165, 1.54) is 0 Å². The van der Waals surface area contributed by atoms with Gasteiger partial charge in [-0.05, 0) is 28.8 Å². The molecule has 2 rings (SSSR count). The maximum atomic E-state index is 12.1. The highest BCUT2D eigenvalue weighted by Gasteiger charge is 2.12. The molecule has 2 aromatic carbocycles. The molecule has 3 N–H and O–H groups in total. The van der Waals surface area contributed by atoms with E-state index < -0.39 is 16.9 Å². The minimum atomic E-state index is -1.13. The average molecular weight is 324 g/mol. The van der Waals surface area contributed by atoms with Crippen molar-refractivity contribution in [3.05, 3.63) is 70.2 Å². The third kappa shape index (κ3) is 4.93. The van der Waals surface area contributed by atoms with Gasteiger partial charge in [-0.1, -0.05) is 48.0 Å². The number of halogens is 1. The van der Waals surface area contributed by atoms with E-state index in [0.717, 1.165) is 16.7 Å². The van der Waals surface area contributed by atoms with Crippen molar-refractivity contribution in [2.45, 2.75) is 18.4 Å². The fourth-order valence-electron chi connectivity index (χ4n) is 1.97. The van der Waals surface area contributed by atoms with Gasteiger partial charge in [-0.25, -0.2) is 0 Å². The first-order chi connectivity index (χ1) is 10.1. The van der Waals surface area contributed by atoms with Crippen LogP contribution in [0.4, 0.5) is 0 Å². The van der Waals surface area contributed by atoms with Crippen LogP contribution in [0.5, 0.6) is 0 Å². The standard InChI is InChI=1S/C16H18ClNO2S/c17-15-7-3-13(4-8-15)10-21(20)11-16(19)14-5-1-12(9-18)2-6-14/h1-8,16,19H,9-11,18H2. The lowest BCUT2D eigenvalue weighted by molar-refractivity contribution is 0.203. The van der Waals surface area contributed by atoms with Crippen molar-refractivity contribution in [2.24, 2.45) is 5.73 Å². The monoisotopic (exact) mass is 323 g/mol. The fraction of sp³-hybridized carbons (Fsp3) is 0.250. The molecule has 0 saturated heterocycles. The van der Waals surface area contributed by atoms with Crippen LogP contribution < -0.4 is 5.73 Å². The van der Waals surface area contributed by atoms with E-state index in [-0.39, 0.29) is 5.75 Å². The van der Waals surface area contributed by atoms with Crippen molar-refractivity contribution in [3.63, 3.8) is 0 Å². The Hall–Kier alpha value is -1.20. The maximum Gasteiger partial charge on any atom is 0.0905 e. The van der Waals surface area contributed by atoms with E-state index in [0.29, 0.717) is 17.3 Å². The number of nitrogens with two attached hydrogens (primary N) is 1. The summed E-state index contributed by atoms with van der Waals surface area (Å²) in [5, 5.41) is 10.8. The summed E-state index contributed by atoms with van der Waals surface area (Å²) in [4.78, 5) is 0. The van der Waals surface area contributed by atoms with Crippen LogP contribution in [0.1, 0.15) is 22.8 Å². The highest BCUT2D eigenvalue weighted by molar-refractivity contribution is 7.84. The molecule has 0 bridgehead atoms. The Labute approximate surface area is 132 Å². The molecule has 21 heavy (non-hydrogen) atoms. The zero-order valence-electron chi connectivity index (χ0n) is 11.5. The SMILES string of the molecule is NCc1ccc(C(O)CS(=O)Cc2ccc(Cl)cc2)cc1. The van der Waals surface area contributed by atoms with Crippen LogP contribution in [0.2, 0.25) is 5.02 Å². The predicted octanol–water partition coefficient (Wildman–Crippen LogP) is 2.78. The summed E-state index contributed by atoms with van der Waals surface area (Å²) in [5.74, 6) is 0.625. The van der Waals surface area contributed by atoms with Gasteiger partial charge in [-0.2, -0.15) is 0 Å². The molecule has 2 unspecified atom stereocenters. The summed E-state index contributed by atoms with van der Waals surface area (Å²) in [6.45, 7) is 0.471. The van der Waals surface area contributed by atoms with Crippen molar-refractivity contribution in [1.82, 2.24) is 0 Å². The third-order valence-corrected chi connectivity index (χ3v) is 4.78. The van der Waals surface area contributed by atoms with Gasteiger partial charge < -0.3 is 10.8 Å². The molecule has 0 radical (unpaired) electrons. The number of aliphatic hydroxyl groups excluding tert-OH is 1. The molecule has 0 saturated carbocycles. The second kappa shape index (κ2) is 7.71. The molecule has 2 aromatic rings. The Kier molecular flexibility index (Phi) is 5.94. The van der Waals surface area contributed by atoms with Crippen LogP contribution in [0, 0.1) is 0 Å². The molecular weight excluding hydrogens is 306 g/mol. The summed E-state index contributed by atoms with van der Waals surface area (Å²) in [6.07, 6.45) is -0.732. The Morgan fingerprint density at radius 3 is 2.19 bits per heavy atom. The second-order valence-corrected chi connectivity index (χ2v) is 6.78. The Morgan fingerprint density at radius 2 is 1.62 bits per heavy atom. The molecule has 0 heterocycles. The van der Waals surface area contributed by atoms with Crippen molar-refractivity contribution < 1.29 is 9.32 Å². The molecular formula is C16H18ClNO2S. The molecule has 0 aliphatic rings. The number of hydrogen-bond acceptors (Lipinski definition) is 3. The summed E-state index contributed by atoms with van der Waals surface area (Å²) < 4.78 is 12.1. The maximum absolute atomic E-state index is 12.1. The molecule has 5 heteroatoms. The van der Waals surface area contributed by atoms with E-state index in [1.807, 2.05) is 36.4 Å². The molecule has 0 aromatic heterocycles. The zero-order valence-corrected chi connectivity index (χ0v) is 13.1. The summed E-state index contributed by atoms with van der Waals surface area (Å²) in [7, 11) is -1.13. The molecule has 112 valence electrons.